The molecule has 0 heterocycles. The summed E-state index contributed by atoms with van der Waals surface area (Å²) in [5, 5.41) is 28.6. The molecule has 0 saturated carbocycles. The van der Waals surface area contributed by atoms with E-state index in [1.165, 1.54) is 13.2 Å². The van der Waals surface area contributed by atoms with E-state index >= 15 is 0 Å². The van der Waals surface area contributed by atoms with Crippen molar-refractivity contribution in [3.05, 3.63) is 27.8 Å². The number of methoxy groups -OCH3 is 1. The second-order valence-corrected chi connectivity index (χ2v) is 2.66. The summed E-state index contributed by atoms with van der Waals surface area (Å²) in [5.41, 5.74) is 0.266. The molecule has 0 unspecified atom stereocenters. The van der Waals surface area contributed by atoms with E-state index in [4.69, 9.17) is 4.74 Å². The van der Waals surface area contributed by atoms with Gasteiger partial charge in [0.1, 0.15) is 0 Å². The molecule has 0 aliphatic carbocycles. The molecule has 0 bridgehead atoms. The van der Waals surface area contributed by atoms with Crippen LogP contribution >= 0.6 is 0 Å². The van der Waals surface area contributed by atoms with Crippen LogP contribution in [0.2, 0.25) is 0 Å². The van der Waals surface area contributed by atoms with E-state index in [1.807, 2.05) is 0 Å². The van der Waals surface area contributed by atoms with Gasteiger partial charge in [0, 0.05) is 10.5 Å². The van der Waals surface area contributed by atoms with Crippen LogP contribution in [-0.2, 0) is 6.54 Å². The molecule has 0 aromatic heterocycles. The lowest BCUT2D eigenvalue weighted by Crippen LogP contribution is -1.98. The zero-order valence-electron chi connectivity index (χ0n) is 7.43. The molecule has 2 N–H and O–H groups in total. The van der Waals surface area contributed by atoms with Crippen LogP contribution in [0, 0.1) is 10.1 Å². The van der Waals surface area contributed by atoms with Gasteiger partial charge in [-0.3, -0.25) is 10.1 Å². The Balaban J connectivity index is 3.09. The van der Waals surface area contributed by atoms with E-state index in [0.717, 1.165) is 6.07 Å². The van der Waals surface area contributed by atoms with E-state index in [-0.39, 0.29) is 11.3 Å². The lowest BCUT2D eigenvalue weighted by Gasteiger charge is -2.06. The third-order valence-electron chi connectivity index (χ3n) is 1.65. The monoisotopic (exact) mass is 199 g/mol. The Morgan fingerprint density at radius 1 is 1.50 bits per heavy atom. The summed E-state index contributed by atoms with van der Waals surface area (Å²) in [5.74, 6) is -0.831. The first-order valence-corrected chi connectivity index (χ1v) is 3.75. The second-order valence-electron chi connectivity index (χ2n) is 2.66. The third kappa shape index (κ3) is 2.03. The summed E-state index contributed by atoms with van der Waals surface area (Å²) in [7, 11) is 1.30. The fourth-order valence-corrected chi connectivity index (χ4v) is 1.04. The molecule has 1 aromatic carbocycles. The number of hydrogen-bond acceptors (Lipinski definition) is 5. The number of phenols is 2. The average molecular weight is 199 g/mol. The lowest BCUT2D eigenvalue weighted by molar-refractivity contribution is -0.496. The Hall–Kier alpha value is -1.98. The smallest absolute Gasteiger partial charge is 0.229 e. The standard InChI is InChI=1S/C8H9NO5/c1-14-7-3-5(4-9(12)13)2-6(10)8(7)11/h2-3,10-11H,4H2,1H3. The number of rotatable bonds is 3. The van der Waals surface area contributed by atoms with Gasteiger partial charge in [0.2, 0.25) is 12.3 Å². The Labute approximate surface area is 79.5 Å². The van der Waals surface area contributed by atoms with E-state index in [9.17, 15) is 20.3 Å². The molecule has 14 heavy (non-hydrogen) atoms. The van der Waals surface area contributed by atoms with Crippen molar-refractivity contribution in [3.8, 4) is 17.2 Å². The van der Waals surface area contributed by atoms with Gasteiger partial charge in [-0.2, -0.15) is 0 Å². The summed E-state index contributed by atoms with van der Waals surface area (Å²) in [6.07, 6.45) is 0. The predicted molar refractivity (Wildman–Crippen MR) is 47.0 cm³/mol. The van der Waals surface area contributed by atoms with Crippen LogP contribution in [-0.4, -0.2) is 22.2 Å². The van der Waals surface area contributed by atoms with Gasteiger partial charge in [-0.1, -0.05) is 0 Å². The molecule has 0 saturated heterocycles. The Kier molecular flexibility index (Phi) is 2.76. The van der Waals surface area contributed by atoms with Crippen molar-refractivity contribution in [2.75, 3.05) is 7.11 Å². The Bertz CT molecular complexity index is 363. The summed E-state index contributed by atoms with van der Waals surface area (Å²) in [4.78, 5) is 9.65. The van der Waals surface area contributed by atoms with Crippen LogP contribution in [0.15, 0.2) is 12.1 Å². The quantitative estimate of drug-likeness (QED) is 0.428. The predicted octanol–water partition coefficient (Wildman–Crippen LogP) is 0.883. The summed E-state index contributed by atoms with van der Waals surface area (Å²) in [6.45, 7) is -0.426. The molecule has 1 aromatic rings. The SMILES string of the molecule is COc1cc(C[N+](=O)[O-])cc(O)c1O. The molecular formula is C8H9NO5. The first kappa shape index (κ1) is 10.1. The largest absolute Gasteiger partial charge is 0.504 e. The van der Waals surface area contributed by atoms with Crippen LogP contribution in [0.3, 0.4) is 0 Å². The molecule has 0 aliphatic heterocycles. The maximum absolute atomic E-state index is 10.2. The average Bonchev–Trinajstić information content (AvgIpc) is 2.10. The highest BCUT2D eigenvalue weighted by Crippen LogP contribution is 2.36. The van der Waals surface area contributed by atoms with Gasteiger partial charge in [0.15, 0.2) is 11.5 Å². The van der Waals surface area contributed by atoms with Crippen molar-refractivity contribution in [3.63, 3.8) is 0 Å². The maximum atomic E-state index is 10.2. The maximum Gasteiger partial charge on any atom is 0.229 e. The van der Waals surface area contributed by atoms with E-state index in [0.29, 0.717) is 0 Å². The van der Waals surface area contributed by atoms with Crippen LogP contribution in [0.25, 0.3) is 0 Å². The highest BCUT2D eigenvalue weighted by Gasteiger charge is 2.12. The number of nitro groups is 1. The van der Waals surface area contributed by atoms with Gasteiger partial charge in [-0.05, 0) is 12.1 Å². The summed E-state index contributed by atoms with van der Waals surface area (Å²) < 4.78 is 4.72. The van der Waals surface area contributed by atoms with Crippen molar-refractivity contribution >= 4 is 0 Å². The normalized spacial score (nSPS) is 9.79. The minimum Gasteiger partial charge on any atom is -0.504 e. The number of benzene rings is 1. The molecule has 1 rings (SSSR count). The number of nitrogens with zero attached hydrogens (tertiary/aromatic N) is 1. The first-order chi connectivity index (χ1) is 6.54. The molecule has 0 atom stereocenters. The van der Waals surface area contributed by atoms with Crippen molar-refractivity contribution < 1.29 is 19.9 Å². The number of hydrogen-bond donors (Lipinski definition) is 2. The molecule has 0 aliphatic rings. The van der Waals surface area contributed by atoms with Crippen LogP contribution in [0.4, 0.5) is 0 Å². The van der Waals surface area contributed by atoms with Gasteiger partial charge in [0.25, 0.3) is 0 Å². The zero-order chi connectivity index (χ0) is 10.7. The fraction of sp³-hybridized carbons (Fsp3) is 0.250. The Morgan fingerprint density at radius 2 is 2.14 bits per heavy atom. The van der Waals surface area contributed by atoms with Crippen molar-refractivity contribution in [2.24, 2.45) is 0 Å². The highest BCUT2D eigenvalue weighted by atomic mass is 16.6. The highest BCUT2D eigenvalue weighted by molar-refractivity contribution is 5.51. The molecule has 0 spiro atoms. The van der Waals surface area contributed by atoms with Gasteiger partial charge in [-0.25, -0.2) is 0 Å². The molecule has 0 radical (unpaired) electrons. The molecular weight excluding hydrogens is 190 g/mol. The van der Waals surface area contributed by atoms with Gasteiger partial charge < -0.3 is 14.9 Å². The van der Waals surface area contributed by atoms with E-state index in [2.05, 4.69) is 0 Å². The van der Waals surface area contributed by atoms with Crippen molar-refractivity contribution in [1.29, 1.82) is 0 Å². The van der Waals surface area contributed by atoms with Crippen LogP contribution in [0.5, 0.6) is 17.2 Å². The number of phenolic OH excluding ortho intramolecular Hbond substituents is 2. The van der Waals surface area contributed by atoms with Crippen LogP contribution in [0.1, 0.15) is 5.56 Å². The molecule has 0 amide bonds. The minimum atomic E-state index is -0.536. The lowest BCUT2D eigenvalue weighted by atomic mass is 10.2. The molecule has 6 heteroatoms. The molecule has 0 fully saturated rings. The zero-order valence-corrected chi connectivity index (χ0v) is 7.43. The molecule has 6 nitrogen and oxygen atoms in total. The van der Waals surface area contributed by atoms with Gasteiger partial charge in [-0.15, -0.1) is 0 Å². The number of aromatic hydroxyl groups is 2. The van der Waals surface area contributed by atoms with E-state index in [1.54, 1.807) is 0 Å². The topological polar surface area (TPSA) is 92.8 Å². The number of ether oxygens (including phenoxy) is 1. The van der Waals surface area contributed by atoms with Crippen LogP contribution < -0.4 is 4.74 Å². The van der Waals surface area contributed by atoms with E-state index < -0.39 is 23.0 Å². The summed E-state index contributed by atoms with van der Waals surface area (Å²) in [6, 6.07) is 2.43. The fourth-order valence-electron chi connectivity index (χ4n) is 1.04. The van der Waals surface area contributed by atoms with Crippen molar-refractivity contribution in [2.45, 2.75) is 6.54 Å². The second kappa shape index (κ2) is 3.82. The van der Waals surface area contributed by atoms with Gasteiger partial charge in [0.05, 0.1) is 7.11 Å². The molecule has 76 valence electrons. The Morgan fingerprint density at radius 3 is 2.64 bits per heavy atom. The third-order valence-corrected chi connectivity index (χ3v) is 1.65. The minimum absolute atomic E-state index is 0.0156. The first-order valence-electron chi connectivity index (χ1n) is 3.75. The van der Waals surface area contributed by atoms with Gasteiger partial charge >= 0.3 is 0 Å². The summed E-state index contributed by atoms with van der Waals surface area (Å²) >= 11 is 0. The van der Waals surface area contributed by atoms with Crippen molar-refractivity contribution in [1.82, 2.24) is 0 Å².